The van der Waals surface area contributed by atoms with Gasteiger partial charge < -0.3 is 10.1 Å². The van der Waals surface area contributed by atoms with Crippen LogP contribution in [0.25, 0.3) is 10.9 Å². The van der Waals surface area contributed by atoms with Gasteiger partial charge in [-0.05, 0) is 43.2 Å². The fraction of sp³-hybridized carbons (Fsp3) is 0.158. The van der Waals surface area contributed by atoms with Crippen molar-refractivity contribution in [2.75, 3.05) is 12.4 Å². The number of hydrogen-bond acceptors (Lipinski definition) is 4. The predicted molar refractivity (Wildman–Crippen MR) is 99.5 cm³/mol. The van der Waals surface area contributed by atoms with Crippen molar-refractivity contribution in [3.05, 3.63) is 59.3 Å². The third kappa shape index (κ3) is 3.27. The van der Waals surface area contributed by atoms with E-state index in [0.29, 0.717) is 11.3 Å². The molecule has 0 aliphatic heterocycles. The van der Waals surface area contributed by atoms with Crippen LogP contribution in [0, 0.1) is 25.2 Å². The number of para-hydroxylation sites is 1. The molecule has 0 radical (unpaired) electrons. The minimum atomic E-state index is 0. The molecule has 2 aromatic carbocycles. The maximum atomic E-state index is 9.43. The fourth-order valence-electron chi connectivity index (χ4n) is 2.77. The average Bonchev–Trinajstić information content (AvgIpc) is 2.53. The van der Waals surface area contributed by atoms with E-state index in [1.165, 1.54) is 11.1 Å². The number of nitriles is 1. The Morgan fingerprint density at radius 1 is 1.12 bits per heavy atom. The molecule has 1 N–H and O–H groups in total. The van der Waals surface area contributed by atoms with Crippen molar-refractivity contribution in [3.8, 4) is 11.8 Å². The van der Waals surface area contributed by atoms with Gasteiger partial charge in [-0.25, -0.2) is 0 Å². The smallest absolute Gasteiger partial charge is 0.145 e. The topological polar surface area (TPSA) is 57.9 Å². The summed E-state index contributed by atoms with van der Waals surface area (Å²) in [4.78, 5) is 4.37. The van der Waals surface area contributed by atoms with Crippen molar-refractivity contribution >= 4 is 34.7 Å². The van der Waals surface area contributed by atoms with Gasteiger partial charge in [0.15, 0.2) is 0 Å². The van der Waals surface area contributed by atoms with Gasteiger partial charge in [-0.3, -0.25) is 4.98 Å². The molecule has 0 bridgehead atoms. The average molecular weight is 340 g/mol. The Bertz CT molecular complexity index is 912. The Labute approximate surface area is 147 Å². The van der Waals surface area contributed by atoms with E-state index >= 15 is 0 Å². The van der Waals surface area contributed by atoms with Crippen LogP contribution >= 0.6 is 12.4 Å². The summed E-state index contributed by atoms with van der Waals surface area (Å²) < 4.78 is 5.37. The summed E-state index contributed by atoms with van der Waals surface area (Å²) >= 11 is 0. The first-order valence-corrected chi connectivity index (χ1v) is 7.33. The maximum absolute atomic E-state index is 9.43. The Morgan fingerprint density at radius 3 is 2.46 bits per heavy atom. The summed E-state index contributed by atoms with van der Waals surface area (Å²) in [6.07, 6.45) is 1.58. The molecule has 122 valence electrons. The normalized spacial score (nSPS) is 9.92. The van der Waals surface area contributed by atoms with E-state index in [9.17, 15) is 5.26 Å². The highest BCUT2D eigenvalue weighted by Crippen LogP contribution is 2.33. The Balaban J connectivity index is 0.00000208. The SMILES string of the molecule is COc1cccc2c(Nc3cc(C)cc(C)c3)c(C#N)cnc12.Cl. The van der Waals surface area contributed by atoms with Gasteiger partial charge in [-0.15, -0.1) is 12.4 Å². The monoisotopic (exact) mass is 339 g/mol. The van der Waals surface area contributed by atoms with Crippen LogP contribution in [-0.4, -0.2) is 12.1 Å². The molecule has 0 spiro atoms. The van der Waals surface area contributed by atoms with Crippen LogP contribution in [0.4, 0.5) is 11.4 Å². The number of fused-ring (bicyclic) bond motifs is 1. The van der Waals surface area contributed by atoms with Crippen LogP contribution in [0.1, 0.15) is 16.7 Å². The second kappa shape index (κ2) is 7.20. The van der Waals surface area contributed by atoms with Crippen LogP contribution < -0.4 is 10.1 Å². The highest BCUT2D eigenvalue weighted by Gasteiger charge is 2.12. The summed E-state index contributed by atoms with van der Waals surface area (Å²) in [5.74, 6) is 0.690. The number of aromatic nitrogens is 1. The first kappa shape index (κ1) is 17.6. The lowest BCUT2D eigenvalue weighted by atomic mass is 10.1. The number of anilines is 2. The molecule has 5 heteroatoms. The Hall–Kier alpha value is -2.77. The van der Waals surface area contributed by atoms with E-state index < -0.39 is 0 Å². The van der Waals surface area contributed by atoms with Gasteiger partial charge in [0.25, 0.3) is 0 Å². The summed E-state index contributed by atoms with van der Waals surface area (Å²) in [5, 5.41) is 13.7. The summed E-state index contributed by atoms with van der Waals surface area (Å²) in [5.41, 5.74) is 5.28. The quantitative estimate of drug-likeness (QED) is 0.737. The second-order valence-electron chi connectivity index (χ2n) is 5.52. The zero-order valence-corrected chi connectivity index (χ0v) is 14.6. The summed E-state index contributed by atoms with van der Waals surface area (Å²) in [6.45, 7) is 4.11. The fourth-order valence-corrected chi connectivity index (χ4v) is 2.77. The van der Waals surface area contributed by atoms with E-state index in [1.807, 2.05) is 18.2 Å². The molecular weight excluding hydrogens is 322 g/mol. The number of methoxy groups -OCH3 is 1. The van der Waals surface area contributed by atoms with E-state index in [1.54, 1.807) is 13.3 Å². The lowest BCUT2D eigenvalue weighted by Crippen LogP contribution is -1.98. The largest absolute Gasteiger partial charge is 0.494 e. The van der Waals surface area contributed by atoms with E-state index in [0.717, 1.165) is 22.3 Å². The van der Waals surface area contributed by atoms with Gasteiger partial charge in [0.1, 0.15) is 17.3 Å². The molecule has 0 atom stereocenters. The first-order valence-electron chi connectivity index (χ1n) is 7.33. The molecule has 0 saturated heterocycles. The molecule has 3 rings (SSSR count). The minimum absolute atomic E-state index is 0. The zero-order chi connectivity index (χ0) is 16.4. The van der Waals surface area contributed by atoms with Crippen molar-refractivity contribution in [1.29, 1.82) is 5.26 Å². The van der Waals surface area contributed by atoms with Crippen molar-refractivity contribution in [3.63, 3.8) is 0 Å². The van der Waals surface area contributed by atoms with Gasteiger partial charge in [0.2, 0.25) is 0 Å². The van der Waals surface area contributed by atoms with Crippen LogP contribution in [0.15, 0.2) is 42.6 Å². The van der Waals surface area contributed by atoms with Crippen molar-refractivity contribution < 1.29 is 4.74 Å². The van der Waals surface area contributed by atoms with Crippen molar-refractivity contribution in [1.82, 2.24) is 4.98 Å². The van der Waals surface area contributed by atoms with Gasteiger partial charge in [-0.1, -0.05) is 18.2 Å². The molecule has 3 aromatic rings. The first-order chi connectivity index (χ1) is 11.1. The second-order valence-corrected chi connectivity index (χ2v) is 5.52. The van der Waals surface area contributed by atoms with E-state index in [-0.39, 0.29) is 12.4 Å². The number of hydrogen-bond donors (Lipinski definition) is 1. The number of nitrogens with one attached hydrogen (secondary N) is 1. The van der Waals surface area contributed by atoms with E-state index in [2.05, 4.69) is 48.4 Å². The van der Waals surface area contributed by atoms with Gasteiger partial charge in [-0.2, -0.15) is 5.26 Å². The van der Waals surface area contributed by atoms with Gasteiger partial charge >= 0.3 is 0 Å². The molecule has 0 aliphatic carbocycles. The minimum Gasteiger partial charge on any atom is -0.494 e. The number of halogens is 1. The van der Waals surface area contributed by atoms with Crippen molar-refractivity contribution in [2.45, 2.75) is 13.8 Å². The molecule has 0 unspecified atom stereocenters. The van der Waals surface area contributed by atoms with Crippen LogP contribution in [-0.2, 0) is 0 Å². The molecule has 0 aliphatic rings. The lowest BCUT2D eigenvalue weighted by molar-refractivity contribution is 0.419. The Morgan fingerprint density at radius 2 is 1.83 bits per heavy atom. The molecule has 24 heavy (non-hydrogen) atoms. The zero-order valence-electron chi connectivity index (χ0n) is 13.8. The number of benzene rings is 2. The van der Waals surface area contributed by atoms with Crippen molar-refractivity contribution in [2.24, 2.45) is 0 Å². The maximum Gasteiger partial charge on any atom is 0.145 e. The van der Waals surface area contributed by atoms with Gasteiger partial charge in [0.05, 0.1) is 18.4 Å². The standard InChI is InChI=1S/C19H17N3O.ClH/c1-12-7-13(2)9-15(8-12)22-18-14(10-20)11-21-19-16(18)5-4-6-17(19)23-3;/h4-9,11H,1-3H3,(H,21,22);1H. The van der Waals surface area contributed by atoms with Gasteiger partial charge in [0, 0.05) is 17.3 Å². The molecule has 4 nitrogen and oxygen atoms in total. The summed E-state index contributed by atoms with van der Waals surface area (Å²) in [7, 11) is 1.62. The highest BCUT2D eigenvalue weighted by atomic mass is 35.5. The number of ether oxygens (including phenoxy) is 1. The molecule has 1 heterocycles. The lowest BCUT2D eigenvalue weighted by Gasteiger charge is -2.14. The predicted octanol–water partition coefficient (Wildman–Crippen LogP) is 4.90. The van der Waals surface area contributed by atoms with E-state index in [4.69, 9.17) is 4.74 Å². The molecule has 1 aromatic heterocycles. The van der Waals surface area contributed by atoms with Crippen LogP contribution in [0.5, 0.6) is 5.75 Å². The number of rotatable bonds is 3. The molecule has 0 saturated carbocycles. The summed E-state index contributed by atoms with van der Waals surface area (Å²) in [6, 6.07) is 14.1. The third-order valence-electron chi connectivity index (χ3n) is 3.69. The third-order valence-corrected chi connectivity index (χ3v) is 3.69. The molecular formula is C19H18ClN3O. The van der Waals surface area contributed by atoms with Crippen LogP contribution in [0.3, 0.4) is 0 Å². The van der Waals surface area contributed by atoms with Crippen LogP contribution in [0.2, 0.25) is 0 Å². The number of aryl methyl sites for hydroxylation is 2. The number of nitrogens with zero attached hydrogens (tertiary/aromatic N) is 2. The highest BCUT2D eigenvalue weighted by molar-refractivity contribution is 5.98. The molecule has 0 amide bonds. The number of pyridine rings is 1. The molecule has 0 fully saturated rings. The Kier molecular flexibility index (Phi) is 5.28.